The third kappa shape index (κ3) is 3.75. The molecular formula is C14H17N3O3S. The molecule has 1 heterocycles. The monoisotopic (exact) mass is 307 g/mol. The Hall–Kier alpha value is -2.02. The van der Waals surface area contributed by atoms with Crippen LogP contribution in [0.2, 0.25) is 0 Å². The largest absolute Gasteiger partial charge is 0.481 e. The number of hydrogen-bond acceptors (Lipinski definition) is 4. The van der Waals surface area contributed by atoms with E-state index in [4.69, 9.17) is 5.11 Å². The van der Waals surface area contributed by atoms with Crippen LogP contribution in [0.4, 0.5) is 0 Å². The number of nitrogens with zero attached hydrogens (tertiary/aromatic N) is 2. The molecule has 0 aliphatic rings. The Morgan fingerprint density at radius 3 is 2.67 bits per heavy atom. The van der Waals surface area contributed by atoms with Gasteiger partial charge < -0.3 is 5.11 Å². The van der Waals surface area contributed by atoms with Gasteiger partial charge in [-0.15, -0.1) is 5.10 Å². The lowest BCUT2D eigenvalue weighted by molar-refractivity contribution is -0.136. The van der Waals surface area contributed by atoms with E-state index in [9.17, 15) is 9.59 Å². The summed E-state index contributed by atoms with van der Waals surface area (Å²) in [7, 11) is 0. The number of carboxylic acid groups (broad SMARTS) is 1. The normalized spacial score (nSPS) is 11.0. The predicted octanol–water partition coefficient (Wildman–Crippen LogP) is 2.07. The highest BCUT2D eigenvalue weighted by Crippen LogP contribution is 2.23. The quantitative estimate of drug-likeness (QED) is 0.798. The fourth-order valence-corrected chi connectivity index (χ4v) is 3.13. The first-order valence-electron chi connectivity index (χ1n) is 6.57. The van der Waals surface area contributed by atoms with Gasteiger partial charge in [-0.05, 0) is 25.0 Å². The Bertz CT molecular complexity index is 691. The molecule has 0 aliphatic heterocycles. The summed E-state index contributed by atoms with van der Waals surface area (Å²) >= 11 is 1.42. The summed E-state index contributed by atoms with van der Waals surface area (Å²) < 4.78 is 1.59. The van der Waals surface area contributed by atoms with Crippen molar-refractivity contribution in [3.8, 4) is 0 Å². The number of hydrogen-bond donors (Lipinski definition) is 2. The van der Waals surface area contributed by atoms with E-state index >= 15 is 0 Å². The van der Waals surface area contributed by atoms with Crippen molar-refractivity contribution in [2.45, 2.75) is 37.2 Å². The molecule has 0 unspecified atom stereocenters. The average Bonchev–Trinajstić information content (AvgIpc) is 2.78. The second-order valence-corrected chi connectivity index (χ2v) is 5.85. The lowest BCUT2D eigenvalue weighted by Gasteiger charge is -2.10. The van der Waals surface area contributed by atoms with E-state index in [-0.39, 0.29) is 18.2 Å². The van der Waals surface area contributed by atoms with Crippen LogP contribution in [0.5, 0.6) is 0 Å². The lowest BCUT2D eigenvalue weighted by Crippen LogP contribution is -2.19. The first kappa shape index (κ1) is 15.4. The molecule has 6 nitrogen and oxygen atoms in total. The number of aromatic nitrogens is 3. The molecule has 21 heavy (non-hydrogen) atoms. The first-order chi connectivity index (χ1) is 9.99. The molecular weight excluding hydrogens is 290 g/mol. The number of rotatable bonds is 6. The van der Waals surface area contributed by atoms with E-state index in [1.807, 2.05) is 38.1 Å². The van der Waals surface area contributed by atoms with Crippen molar-refractivity contribution in [1.29, 1.82) is 0 Å². The molecule has 112 valence electrons. The van der Waals surface area contributed by atoms with Gasteiger partial charge in [0.1, 0.15) is 0 Å². The van der Waals surface area contributed by atoms with Gasteiger partial charge in [0.05, 0.1) is 6.42 Å². The van der Waals surface area contributed by atoms with E-state index in [1.165, 1.54) is 11.8 Å². The fraction of sp³-hybridized carbons (Fsp3) is 0.357. The lowest BCUT2D eigenvalue weighted by atomic mass is 10.1. The van der Waals surface area contributed by atoms with Crippen molar-refractivity contribution in [2.75, 3.05) is 0 Å². The van der Waals surface area contributed by atoms with Crippen LogP contribution in [-0.4, -0.2) is 25.8 Å². The van der Waals surface area contributed by atoms with Crippen molar-refractivity contribution in [3.05, 3.63) is 45.9 Å². The summed E-state index contributed by atoms with van der Waals surface area (Å²) in [6.45, 7) is 3.83. The standard InChI is InChI=1S/C14H17N3O3S/c1-9(2)17-13(20)15-16-14(17)21-8-11-6-4-3-5-10(11)7-12(18)19/h3-6,9H,7-8H2,1-2H3,(H,15,20)(H,18,19). The van der Waals surface area contributed by atoms with E-state index in [2.05, 4.69) is 10.2 Å². The summed E-state index contributed by atoms with van der Waals surface area (Å²) in [5, 5.41) is 16.0. The molecule has 0 saturated carbocycles. The number of thioether (sulfide) groups is 1. The minimum Gasteiger partial charge on any atom is -0.481 e. The minimum atomic E-state index is -0.855. The molecule has 0 saturated heterocycles. The Balaban J connectivity index is 2.17. The number of carboxylic acids is 1. The summed E-state index contributed by atoms with van der Waals surface area (Å²) in [4.78, 5) is 22.5. The molecule has 0 atom stereocenters. The van der Waals surface area contributed by atoms with Crippen LogP contribution in [0.15, 0.2) is 34.2 Å². The van der Waals surface area contributed by atoms with Gasteiger partial charge in [0, 0.05) is 11.8 Å². The average molecular weight is 307 g/mol. The molecule has 2 rings (SSSR count). The van der Waals surface area contributed by atoms with E-state index < -0.39 is 5.97 Å². The van der Waals surface area contributed by atoms with Crippen molar-refractivity contribution in [1.82, 2.24) is 14.8 Å². The van der Waals surface area contributed by atoms with Gasteiger partial charge in [-0.2, -0.15) is 0 Å². The topological polar surface area (TPSA) is 88.0 Å². The number of carbonyl (C=O) groups is 1. The second-order valence-electron chi connectivity index (χ2n) is 4.90. The van der Waals surface area contributed by atoms with Crippen LogP contribution in [0.3, 0.4) is 0 Å². The smallest absolute Gasteiger partial charge is 0.344 e. The Labute approximate surface area is 126 Å². The summed E-state index contributed by atoms with van der Waals surface area (Å²) in [5.74, 6) is -0.285. The molecule has 0 fully saturated rings. The highest BCUT2D eigenvalue weighted by molar-refractivity contribution is 7.98. The van der Waals surface area contributed by atoms with E-state index in [0.29, 0.717) is 10.9 Å². The number of benzene rings is 1. The molecule has 1 aromatic heterocycles. The van der Waals surface area contributed by atoms with Gasteiger partial charge in [-0.25, -0.2) is 9.89 Å². The second kappa shape index (κ2) is 6.62. The summed E-state index contributed by atoms with van der Waals surface area (Å²) in [5.41, 5.74) is 1.49. The van der Waals surface area contributed by atoms with Crippen molar-refractivity contribution >= 4 is 17.7 Å². The summed E-state index contributed by atoms with van der Waals surface area (Å²) in [6.07, 6.45) is -0.00567. The van der Waals surface area contributed by atoms with Crippen LogP contribution < -0.4 is 5.69 Å². The SMILES string of the molecule is CC(C)n1c(SCc2ccccc2CC(=O)O)n[nH]c1=O. The summed E-state index contributed by atoms with van der Waals surface area (Å²) in [6, 6.07) is 7.43. The Morgan fingerprint density at radius 1 is 1.38 bits per heavy atom. The Kier molecular flexibility index (Phi) is 4.85. The highest BCUT2D eigenvalue weighted by atomic mass is 32.2. The molecule has 7 heteroatoms. The van der Waals surface area contributed by atoms with Crippen molar-refractivity contribution < 1.29 is 9.90 Å². The zero-order valence-corrected chi connectivity index (χ0v) is 12.7. The Morgan fingerprint density at radius 2 is 2.05 bits per heavy atom. The van der Waals surface area contributed by atoms with Gasteiger partial charge in [-0.1, -0.05) is 36.0 Å². The highest BCUT2D eigenvalue weighted by Gasteiger charge is 2.13. The van der Waals surface area contributed by atoms with Crippen LogP contribution in [0, 0.1) is 0 Å². The molecule has 0 radical (unpaired) electrons. The van der Waals surface area contributed by atoms with Crippen LogP contribution >= 0.6 is 11.8 Å². The third-order valence-corrected chi connectivity index (χ3v) is 4.01. The van der Waals surface area contributed by atoms with Crippen molar-refractivity contribution in [2.24, 2.45) is 0 Å². The fourth-order valence-electron chi connectivity index (χ4n) is 2.02. The maximum Gasteiger partial charge on any atom is 0.344 e. The van der Waals surface area contributed by atoms with Crippen LogP contribution in [0.25, 0.3) is 0 Å². The van der Waals surface area contributed by atoms with Gasteiger partial charge >= 0.3 is 11.7 Å². The molecule has 2 aromatic rings. The minimum absolute atomic E-state index is 0.00567. The maximum atomic E-state index is 11.7. The van der Waals surface area contributed by atoms with E-state index in [1.54, 1.807) is 4.57 Å². The molecule has 0 spiro atoms. The van der Waals surface area contributed by atoms with Gasteiger partial charge in [0.15, 0.2) is 5.16 Å². The van der Waals surface area contributed by atoms with Crippen LogP contribution in [-0.2, 0) is 17.0 Å². The first-order valence-corrected chi connectivity index (χ1v) is 7.56. The predicted molar refractivity (Wildman–Crippen MR) is 80.6 cm³/mol. The van der Waals surface area contributed by atoms with Gasteiger partial charge in [0.2, 0.25) is 0 Å². The van der Waals surface area contributed by atoms with Gasteiger partial charge in [-0.3, -0.25) is 9.36 Å². The number of aromatic amines is 1. The number of H-pyrrole nitrogens is 1. The molecule has 1 aromatic carbocycles. The van der Waals surface area contributed by atoms with Crippen molar-refractivity contribution in [3.63, 3.8) is 0 Å². The van der Waals surface area contributed by atoms with Crippen LogP contribution in [0.1, 0.15) is 31.0 Å². The molecule has 0 aliphatic carbocycles. The maximum absolute atomic E-state index is 11.7. The molecule has 0 bridgehead atoms. The molecule has 0 amide bonds. The van der Waals surface area contributed by atoms with E-state index in [0.717, 1.165) is 11.1 Å². The third-order valence-electron chi connectivity index (χ3n) is 3.01. The number of aliphatic carboxylic acids is 1. The van der Waals surface area contributed by atoms with Gasteiger partial charge in [0.25, 0.3) is 0 Å². The zero-order chi connectivity index (χ0) is 15.4. The number of nitrogens with one attached hydrogen (secondary N) is 1. The zero-order valence-electron chi connectivity index (χ0n) is 11.9. The molecule has 2 N–H and O–H groups in total.